The Morgan fingerprint density at radius 2 is 2.08 bits per heavy atom. The fraction of sp³-hybridized carbons (Fsp3) is 0.727. The van der Waals surface area contributed by atoms with Crippen LogP contribution in [0.1, 0.15) is 19.8 Å². The number of fused-ring (bicyclic) bond motifs is 2. The molecule has 0 aliphatic carbocycles. The van der Waals surface area contributed by atoms with Crippen molar-refractivity contribution in [1.82, 2.24) is 20.8 Å². The van der Waals surface area contributed by atoms with Crippen LogP contribution in [0.15, 0.2) is 0 Å². The summed E-state index contributed by atoms with van der Waals surface area (Å²) in [6.07, 6.45) is -0.713. The van der Waals surface area contributed by atoms with Gasteiger partial charge >= 0.3 is 22.5 Å². The lowest BCUT2D eigenvalue weighted by molar-refractivity contribution is -0.139. The Labute approximate surface area is 142 Å². The summed E-state index contributed by atoms with van der Waals surface area (Å²) in [6.45, 7) is 1.46. The monoisotopic (exact) mass is 382 g/mol. The van der Waals surface area contributed by atoms with E-state index in [2.05, 4.69) is 15.1 Å². The summed E-state index contributed by atoms with van der Waals surface area (Å²) in [5.74, 6) is -0.636. The molecule has 25 heavy (non-hydrogen) atoms. The molecular formula is C11H18N4O9S. The van der Waals surface area contributed by atoms with Gasteiger partial charge in [-0.15, -0.1) is 4.28 Å². The van der Waals surface area contributed by atoms with Gasteiger partial charge in [0.25, 0.3) is 5.91 Å². The zero-order valence-electron chi connectivity index (χ0n) is 13.1. The molecule has 0 aromatic rings. The SMILES string of the molecule is C[C@H](CONC(=O)[C@@H]1CC[C@@H]2CN1C(=O)N2OS(=O)(=O)O)NC(=O)O. The molecule has 2 bridgehead atoms. The highest BCUT2D eigenvalue weighted by Gasteiger charge is 2.49. The van der Waals surface area contributed by atoms with E-state index in [4.69, 9.17) is 14.5 Å². The van der Waals surface area contributed by atoms with Gasteiger partial charge in [0.2, 0.25) is 0 Å². The number of nitrogens with zero attached hydrogens (tertiary/aromatic N) is 2. The van der Waals surface area contributed by atoms with Crippen LogP contribution in [0.5, 0.6) is 0 Å². The lowest BCUT2D eigenvalue weighted by Gasteiger charge is -2.29. The number of urea groups is 1. The highest BCUT2D eigenvalue weighted by atomic mass is 32.3. The standard InChI is InChI=1S/C11H18N4O9S/c1-6(12-10(17)18)5-23-13-9(16)8-3-2-7-4-14(8)11(19)15(7)24-25(20,21)22/h6-8,12H,2-5H2,1H3,(H,13,16)(H,17,18)(H,20,21,22)/t6-,7-,8+/m1/s1. The Hall–Kier alpha value is -2.16. The molecule has 2 saturated heterocycles. The Kier molecular flexibility index (Phi) is 5.66. The van der Waals surface area contributed by atoms with E-state index >= 15 is 0 Å². The van der Waals surface area contributed by atoms with Crippen LogP contribution in [0.25, 0.3) is 0 Å². The Morgan fingerprint density at radius 1 is 1.40 bits per heavy atom. The molecule has 13 nitrogen and oxygen atoms in total. The molecule has 2 heterocycles. The second kappa shape index (κ2) is 7.38. The second-order valence-electron chi connectivity index (χ2n) is 5.64. The molecule has 2 fully saturated rings. The van der Waals surface area contributed by atoms with Gasteiger partial charge in [0.15, 0.2) is 0 Å². The average molecular weight is 382 g/mol. The van der Waals surface area contributed by atoms with Crippen LogP contribution in [0.4, 0.5) is 9.59 Å². The van der Waals surface area contributed by atoms with Gasteiger partial charge in [0, 0.05) is 6.54 Å². The quantitative estimate of drug-likeness (QED) is 0.308. The number of carbonyl (C=O) groups excluding carboxylic acids is 2. The molecule has 0 spiro atoms. The van der Waals surface area contributed by atoms with E-state index in [9.17, 15) is 22.8 Å². The molecule has 0 aromatic heterocycles. The molecule has 0 aromatic carbocycles. The second-order valence-corrected chi connectivity index (χ2v) is 6.64. The summed E-state index contributed by atoms with van der Waals surface area (Å²) in [7, 11) is -4.85. The van der Waals surface area contributed by atoms with Gasteiger partial charge in [-0.3, -0.25) is 14.2 Å². The number of nitrogens with one attached hydrogen (secondary N) is 2. The first-order valence-corrected chi connectivity index (χ1v) is 8.63. The largest absolute Gasteiger partial charge is 0.465 e. The fourth-order valence-corrected chi connectivity index (χ4v) is 3.05. The molecule has 14 heteroatoms. The maximum atomic E-state index is 12.1. The summed E-state index contributed by atoms with van der Waals surface area (Å²) in [5, 5.41) is 11.2. The van der Waals surface area contributed by atoms with E-state index in [1.807, 2.05) is 0 Å². The third-order valence-electron chi connectivity index (χ3n) is 3.68. The van der Waals surface area contributed by atoms with Crippen LogP contribution in [0.2, 0.25) is 0 Å². The van der Waals surface area contributed by atoms with Crippen LogP contribution in [0.3, 0.4) is 0 Å². The van der Waals surface area contributed by atoms with Crippen molar-refractivity contribution in [2.24, 2.45) is 0 Å². The zero-order valence-corrected chi connectivity index (χ0v) is 13.9. The van der Waals surface area contributed by atoms with E-state index in [1.54, 1.807) is 0 Å². The highest BCUT2D eigenvalue weighted by molar-refractivity contribution is 7.80. The minimum atomic E-state index is -4.85. The van der Waals surface area contributed by atoms with Crippen LogP contribution >= 0.6 is 0 Å². The molecule has 2 aliphatic heterocycles. The predicted molar refractivity (Wildman–Crippen MR) is 78.1 cm³/mol. The van der Waals surface area contributed by atoms with Crippen molar-refractivity contribution in [2.45, 2.75) is 37.9 Å². The number of hydrogen-bond acceptors (Lipinski definition) is 7. The van der Waals surface area contributed by atoms with E-state index in [0.29, 0.717) is 5.06 Å². The van der Waals surface area contributed by atoms with Gasteiger partial charge < -0.3 is 15.3 Å². The van der Waals surface area contributed by atoms with E-state index in [-0.39, 0.29) is 26.0 Å². The molecule has 0 unspecified atom stereocenters. The van der Waals surface area contributed by atoms with Crippen molar-refractivity contribution in [1.29, 1.82) is 0 Å². The molecule has 2 rings (SSSR count). The first-order chi connectivity index (χ1) is 11.6. The van der Waals surface area contributed by atoms with Crippen molar-refractivity contribution in [2.75, 3.05) is 13.2 Å². The molecule has 2 aliphatic rings. The predicted octanol–water partition coefficient (Wildman–Crippen LogP) is -1.31. The molecule has 0 radical (unpaired) electrons. The number of carboxylic acid groups (broad SMARTS) is 1. The van der Waals surface area contributed by atoms with Gasteiger partial charge in [0.05, 0.1) is 18.7 Å². The van der Waals surface area contributed by atoms with Crippen molar-refractivity contribution >= 4 is 28.4 Å². The number of amides is 4. The topological polar surface area (TPSA) is 175 Å². The van der Waals surface area contributed by atoms with E-state index < -0.39 is 46.6 Å². The van der Waals surface area contributed by atoms with Crippen molar-refractivity contribution in [3.8, 4) is 0 Å². The first kappa shape index (κ1) is 19.2. The maximum absolute atomic E-state index is 12.1. The summed E-state index contributed by atoms with van der Waals surface area (Å²) in [5.41, 5.74) is 2.13. The van der Waals surface area contributed by atoms with E-state index in [0.717, 1.165) is 4.90 Å². The molecular weight excluding hydrogens is 364 g/mol. The summed E-state index contributed by atoms with van der Waals surface area (Å²) in [4.78, 5) is 40.7. The lowest BCUT2D eigenvalue weighted by Crippen LogP contribution is -2.50. The number of piperidine rings is 1. The molecule has 3 atom stereocenters. The summed E-state index contributed by atoms with van der Waals surface area (Å²) in [6, 6.07) is -2.93. The minimum Gasteiger partial charge on any atom is -0.465 e. The molecule has 4 amide bonds. The third kappa shape index (κ3) is 4.91. The Balaban J connectivity index is 1.88. The molecule has 142 valence electrons. The van der Waals surface area contributed by atoms with Gasteiger partial charge in [0.1, 0.15) is 6.04 Å². The van der Waals surface area contributed by atoms with Gasteiger partial charge in [-0.25, -0.2) is 15.1 Å². The molecule has 4 N–H and O–H groups in total. The number of carbonyl (C=O) groups is 3. The number of hydrogen-bond donors (Lipinski definition) is 4. The minimum absolute atomic E-state index is 0.0589. The van der Waals surface area contributed by atoms with Crippen LogP contribution < -0.4 is 10.8 Å². The van der Waals surface area contributed by atoms with Gasteiger partial charge in [-0.2, -0.15) is 13.5 Å². The average Bonchev–Trinajstić information content (AvgIpc) is 2.70. The van der Waals surface area contributed by atoms with Crippen molar-refractivity contribution in [3.63, 3.8) is 0 Å². The number of rotatable bonds is 7. The smallest absolute Gasteiger partial charge is 0.418 e. The number of hydroxylamine groups is 3. The maximum Gasteiger partial charge on any atom is 0.418 e. The highest BCUT2D eigenvalue weighted by Crippen LogP contribution is 2.30. The molecule has 0 saturated carbocycles. The first-order valence-electron chi connectivity index (χ1n) is 7.26. The van der Waals surface area contributed by atoms with Crippen LogP contribution in [-0.4, -0.2) is 77.3 Å². The van der Waals surface area contributed by atoms with Crippen molar-refractivity contribution < 1.29 is 41.6 Å². The van der Waals surface area contributed by atoms with Crippen molar-refractivity contribution in [3.05, 3.63) is 0 Å². The van der Waals surface area contributed by atoms with E-state index in [1.165, 1.54) is 6.92 Å². The van der Waals surface area contributed by atoms with Crippen LogP contribution in [-0.2, 0) is 24.3 Å². The normalized spacial score (nSPS) is 24.2. The Bertz CT molecular complexity index is 654. The lowest BCUT2D eigenvalue weighted by atomic mass is 10.0. The van der Waals surface area contributed by atoms with Crippen LogP contribution in [0, 0.1) is 0 Å². The van der Waals surface area contributed by atoms with Gasteiger partial charge in [-0.1, -0.05) is 0 Å². The fourth-order valence-electron chi connectivity index (χ4n) is 2.66. The summed E-state index contributed by atoms with van der Waals surface area (Å²) >= 11 is 0. The summed E-state index contributed by atoms with van der Waals surface area (Å²) < 4.78 is 34.5. The zero-order chi connectivity index (χ0) is 18.8. The van der Waals surface area contributed by atoms with Gasteiger partial charge in [-0.05, 0) is 19.8 Å². The third-order valence-corrected chi connectivity index (χ3v) is 4.02. The Morgan fingerprint density at radius 3 is 2.68 bits per heavy atom.